The number of halogens is 1. The molecule has 0 bridgehead atoms. The van der Waals surface area contributed by atoms with E-state index in [-0.39, 0.29) is 11.9 Å². The number of carbonyl (C=O) groups is 1. The van der Waals surface area contributed by atoms with Crippen molar-refractivity contribution in [3.8, 4) is 5.75 Å². The van der Waals surface area contributed by atoms with Crippen molar-refractivity contribution in [2.24, 2.45) is 0 Å². The zero-order valence-electron chi connectivity index (χ0n) is 12.5. The van der Waals surface area contributed by atoms with Crippen molar-refractivity contribution in [2.75, 3.05) is 12.4 Å². The Balaban J connectivity index is 1.38. The molecule has 4 rings (SSSR count). The van der Waals surface area contributed by atoms with E-state index in [4.69, 9.17) is 16.3 Å². The first-order valence-corrected chi connectivity index (χ1v) is 9.57. The van der Waals surface area contributed by atoms with Gasteiger partial charge in [0.25, 0.3) is 0 Å². The summed E-state index contributed by atoms with van der Waals surface area (Å²) in [6, 6.07) is 13.3. The predicted octanol–water partition coefficient (Wildman–Crippen LogP) is 4.29. The second kappa shape index (κ2) is 6.63. The lowest BCUT2D eigenvalue weighted by Crippen LogP contribution is -2.30. The molecule has 4 nitrogen and oxygen atoms in total. The Bertz CT molecular complexity index is 879. The van der Waals surface area contributed by atoms with Crippen LogP contribution in [0.5, 0.6) is 5.75 Å². The smallest absolute Gasteiger partial charge is 0.231 e. The maximum Gasteiger partial charge on any atom is 0.231 e. The van der Waals surface area contributed by atoms with Gasteiger partial charge in [-0.15, -0.1) is 11.3 Å². The molecule has 24 heavy (non-hydrogen) atoms. The number of nitrogens with zero attached hydrogens (tertiary/aromatic N) is 1. The van der Waals surface area contributed by atoms with Gasteiger partial charge in [0.15, 0.2) is 4.34 Å². The van der Waals surface area contributed by atoms with Crippen molar-refractivity contribution in [1.82, 2.24) is 10.3 Å². The van der Waals surface area contributed by atoms with Gasteiger partial charge in [-0.1, -0.05) is 35.5 Å². The van der Waals surface area contributed by atoms with Crippen LogP contribution in [0.25, 0.3) is 10.2 Å². The van der Waals surface area contributed by atoms with Gasteiger partial charge in [0, 0.05) is 10.6 Å². The summed E-state index contributed by atoms with van der Waals surface area (Å²) in [5.74, 6) is 1.07. The molecule has 1 N–H and O–H groups in total. The molecule has 0 unspecified atom stereocenters. The number of nitrogens with one attached hydrogen (secondary N) is 1. The Morgan fingerprint density at radius 1 is 1.38 bits per heavy atom. The maximum atomic E-state index is 12.2. The molecule has 1 atom stereocenters. The lowest BCUT2D eigenvalue weighted by atomic mass is 10.1. The molecular formula is C17H13ClN2O2S2. The number of thiazole rings is 1. The van der Waals surface area contributed by atoms with Crippen molar-refractivity contribution < 1.29 is 9.53 Å². The van der Waals surface area contributed by atoms with Gasteiger partial charge >= 0.3 is 0 Å². The van der Waals surface area contributed by atoms with Crippen molar-refractivity contribution in [1.29, 1.82) is 0 Å². The van der Waals surface area contributed by atoms with Crippen LogP contribution in [0.15, 0.2) is 46.8 Å². The third-order valence-corrected chi connectivity index (χ3v) is 6.10. The number of benzene rings is 2. The monoisotopic (exact) mass is 376 g/mol. The lowest BCUT2D eigenvalue weighted by Gasteiger charge is -2.11. The Hall–Kier alpha value is -1.76. The van der Waals surface area contributed by atoms with Gasteiger partial charge in [-0.3, -0.25) is 4.79 Å². The second-order valence-electron chi connectivity index (χ2n) is 5.35. The van der Waals surface area contributed by atoms with E-state index in [1.807, 2.05) is 36.4 Å². The van der Waals surface area contributed by atoms with E-state index < -0.39 is 0 Å². The Morgan fingerprint density at radius 3 is 3.12 bits per heavy atom. The molecule has 0 radical (unpaired) electrons. The lowest BCUT2D eigenvalue weighted by molar-refractivity contribution is -0.119. The van der Waals surface area contributed by atoms with E-state index in [1.165, 1.54) is 11.8 Å². The summed E-state index contributed by atoms with van der Waals surface area (Å²) in [5, 5.41) is 3.64. The number of fused-ring (bicyclic) bond motifs is 2. The Kier molecular flexibility index (Phi) is 4.35. The van der Waals surface area contributed by atoms with Gasteiger partial charge in [0.1, 0.15) is 12.4 Å². The summed E-state index contributed by atoms with van der Waals surface area (Å²) in [7, 11) is 0. The van der Waals surface area contributed by atoms with Crippen LogP contribution in [0.1, 0.15) is 11.6 Å². The molecule has 122 valence electrons. The quantitative estimate of drug-likeness (QED) is 0.690. The van der Waals surface area contributed by atoms with Crippen LogP contribution in [0.3, 0.4) is 0 Å². The normalized spacial score (nSPS) is 16.0. The van der Waals surface area contributed by atoms with Gasteiger partial charge in [-0.05, 0) is 30.3 Å². The fourth-order valence-corrected chi connectivity index (χ4v) is 4.64. The SMILES string of the molecule is O=C(CSc1nc2ccccc2s1)N[C@@H]1COc2ccc(Cl)cc21. The van der Waals surface area contributed by atoms with Crippen LogP contribution in [0, 0.1) is 0 Å². The fourth-order valence-electron chi connectivity index (χ4n) is 2.58. The maximum absolute atomic E-state index is 12.2. The number of carbonyl (C=O) groups excluding carboxylic acids is 1. The predicted molar refractivity (Wildman–Crippen MR) is 98.2 cm³/mol. The van der Waals surface area contributed by atoms with Crippen LogP contribution in [0.4, 0.5) is 0 Å². The van der Waals surface area contributed by atoms with Crippen LogP contribution in [-0.2, 0) is 4.79 Å². The number of thioether (sulfide) groups is 1. The Morgan fingerprint density at radius 2 is 2.25 bits per heavy atom. The van der Waals surface area contributed by atoms with E-state index in [9.17, 15) is 4.79 Å². The number of para-hydroxylation sites is 1. The Labute approximate surface area is 152 Å². The van der Waals surface area contributed by atoms with Crippen molar-refractivity contribution in [2.45, 2.75) is 10.4 Å². The molecule has 1 amide bonds. The number of ether oxygens (including phenoxy) is 1. The van der Waals surface area contributed by atoms with E-state index in [0.29, 0.717) is 17.4 Å². The third kappa shape index (κ3) is 3.22. The molecule has 0 spiro atoms. The first-order valence-electron chi connectivity index (χ1n) is 7.39. The largest absolute Gasteiger partial charge is 0.491 e. The number of hydrogen-bond donors (Lipinski definition) is 1. The topological polar surface area (TPSA) is 51.2 Å². The van der Waals surface area contributed by atoms with Crippen LogP contribution < -0.4 is 10.1 Å². The van der Waals surface area contributed by atoms with E-state index >= 15 is 0 Å². The summed E-state index contributed by atoms with van der Waals surface area (Å²) in [6.45, 7) is 0.438. The summed E-state index contributed by atoms with van der Waals surface area (Å²) in [4.78, 5) is 16.8. The molecule has 1 aliphatic rings. The van der Waals surface area contributed by atoms with Gasteiger partial charge in [0.05, 0.1) is 22.0 Å². The van der Waals surface area contributed by atoms with Crippen molar-refractivity contribution in [3.63, 3.8) is 0 Å². The van der Waals surface area contributed by atoms with Crippen LogP contribution in [0.2, 0.25) is 5.02 Å². The average Bonchev–Trinajstić information content (AvgIpc) is 3.17. The zero-order valence-corrected chi connectivity index (χ0v) is 14.9. The first-order chi connectivity index (χ1) is 11.7. The minimum absolute atomic E-state index is 0.0410. The fraction of sp³-hybridized carbons (Fsp3) is 0.176. The van der Waals surface area contributed by atoms with E-state index in [0.717, 1.165) is 25.9 Å². The molecule has 0 fully saturated rings. The molecule has 7 heteroatoms. The molecule has 2 heterocycles. The van der Waals surface area contributed by atoms with Crippen molar-refractivity contribution in [3.05, 3.63) is 53.1 Å². The highest BCUT2D eigenvalue weighted by Crippen LogP contribution is 2.34. The molecule has 1 aromatic heterocycles. The molecule has 0 saturated heterocycles. The average molecular weight is 377 g/mol. The highest BCUT2D eigenvalue weighted by molar-refractivity contribution is 8.01. The third-order valence-electron chi connectivity index (χ3n) is 3.69. The first kappa shape index (κ1) is 15.7. The molecular weight excluding hydrogens is 364 g/mol. The highest BCUT2D eigenvalue weighted by Gasteiger charge is 2.25. The number of aromatic nitrogens is 1. The van der Waals surface area contributed by atoms with Crippen LogP contribution in [-0.4, -0.2) is 23.3 Å². The molecule has 0 saturated carbocycles. The summed E-state index contributed by atoms with van der Waals surface area (Å²) in [6.07, 6.45) is 0. The van der Waals surface area contributed by atoms with E-state index in [2.05, 4.69) is 10.3 Å². The minimum Gasteiger partial charge on any atom is -0.491 e. The van der Waals surface area contributed by atoms with Gasteiger partial charge < -0.3 is 10.1 Å². The van der Waals surface area contributed by atoms with E-state index in [1.54, 1.807) is 17.4 Å². The minimum atomic E-state index is -0.151. The summed E-state index contributed by atoms with van der Waals surface area (Å²) >= 11 is 9.08. The van der Waals surface area contributed by atoms with Gasteiger partial charge in [-0.2, -0.15) is 0 Å². The molecule has 2 aromatic carbocycles. The number of amides is 1. The summed E-state index contributed by atoms with van der Waals surface area (Å²) in [5.41, 5.74) is 1.90. The van der Waals surface area contributed by atoms with Gasteiger partial charge in [0.2, 0.25) is 5.91 Å². The molecule has 1 aliphatic heterocycles. The number of rotatable bonds is 4. The molecule has 0 aliphatic carbocycles. The van der Waals surface area contributed by atoms with Crippen molar-refractivity contribution >= 4 is 50.8 Å². The van der Waals surface area contributed by atoms with Gasteiger partial charge in [-0.25, -0.2) is 4.98 Å². The standard InChI is InChI=1S/C17H13ClN2O2S2/c18-10-5-6-14-11(7-10)13(8-22-14)19-16(21)9-23-17-20-12-3-1-2-4-15(12)24-17/h1-7,13H,8-9H2,(H,19,21)/t13-/m1/s1. The molecule has 3 aromatic rings. The summed E-state index contributed by atoms with van der Waals surface area (Å²) < 4.78 is 7.61. The number of hydrogen-bond acceptors (Lipinski definition) is 5. The second-order valence-corrected chi connectivity index (χ2v) is 8.04. The van der Waals surface area contributed by atoms with Crippen LogP contribution >= 0.6 is 34.7 Å². The zero-order chi connectivity index (χ0) is 16.5. The highest BCUT2D eigenvalue weighted by atomic mass is 35.5.